The molecule has 0 aliphatic carbocycles. The Morgan fingerprint density at radius 1 is 1.32 bits per heavy atom. The molecule has 7 heteroatoms. The standard InChI is InChI=1S/C15H17N3O3S/c1-10-5-6-12-3-2-4-13(15(12)17-10)18-8-11(7-14(18)19)9-22(16,20)21/h2-6,11H,7-9H2,1H3,(H2,16,20,21). The van der Waals surface area contributed by atoms with Crippen molar-refractivity contribution < 1.29 is 13.2 Å². The molecule has 22 heavy (non-hydrogen) atoms. The molecule has 1 fully saturated rings. The zero-order chi connectivity index (χ0) is 15.9. The normalized spacial score (nSPS) is 19.1. The fourth-order valence-corrected chi connectivity index (χ4v) is 3.78. The van der Waals surface area contributed by atoms with E-state index in [2.05, 4.69) is 4.98 Å². The Bertz CT molecular complexity index is 848. The van der Waals surface area contributed by atoms with Crippen LogP contribution in [0.5, 0.6) is 0 Å². The van der Waals surface area contributed by atoms with Crippen LogP contribution in [0.15, 0.2) is 30.3 Å². The fourth-order valence-electron chi connectivity index (χ4n) is 2.90. The van der Waals surface area contributed by atoms with Crippen molar-refractivity contribution >= 4 is 32.5 Å². The second-order valence-corrected chi connectivity index (χ2v) is 7.36. The number of carbonyl (C=O) groups is 1. The molecule has 1 aromatic heterocycles. The van der Waals surface area contributed by atoms with Crippen molar-refractivity contribution in [1.29, 1.82) is 0 Å². The first kappa shape index (κ1) is 14.9. The van der Waals surface area contributed by atoms with Gasteiger partial charge in [0, 0.05) is 30.0 Å². The highest BCUT2D eigenvalue weighted by molar-refractivity contribution is 7.89. The average Bonchev–Trinajstić information content (AvgIpc) is 2.76. The molecule has 3 rings (SSSR count). The maximum atomic E-state index is 12.3. The molecule has 0 bridgehead atoms. The van der Waals surface area contributed by atoms with Gasteiger partial charge in [-0.3, -0.25) is 9.78 Å². The summed E-state index contributed by atoms with van der Waals surface area (Å²) in [6, 6.07) is 9.53. The zero-order valence-electron chi connectivity index (χ0n) is 12.2. The third-order valence-corrected chi connectivity index (χ3v) is 4.74. The molecule has 116 valence electrons. The summed E-state index contributed by atoms with van der Waals surface area (Å²) in [7, 11) is -3.58. The van der Waals surface area contributed by atoms with Gasteiger partial charge in [-0.2, -0.15) is 0 Å². The number of carbonyl (C=O) groups excluding carboxylic acids is 1. The van der Waals surface area contributed by atoms with E-state index in [4.69, 9.17) is 5.14 Å². The van der Waals surface area contributed by atoms with Gasteiger partial charge < -0.3 is 4.90 Å². The Morgan fingerprint density at radius 3 is 2.82 bits per heavy atom. The van der Waals surface area contributed by atoms with E-state index in [1.165, 1.54) is 0 Å². The van der Waals surface area contributed by atoms with Gasteiger partial charge in [0.1, 0.15) is 0 Å². The van der Waals surface area contributed by atoms with E-state index < -0.39 is 10.0 Å². The number of primary sulfonamides is 1. The van der Waals surface area contributed by atoms with E-state index in [0.29, 0.717) is 6.54 Å². The molecule has 2 aromatic rings. The predicted molar refractivity (Wildman–Crippen MR) is 84.9 cm³/mol. The zero-order valence-corrected chi connectivity index (χ0v) is 13.0. The average molecular weight is 319 g/mol. The third kappa shape index (κ3) is 2.95. The highest BCUT2D eigenvalue weighted by Crippen LogP contribution is 2.31. The maximum Gasteiger partial charge on any atom is 0.227 e. The van der Waals surface area contributed by atoms with Gasteiger partial charge in [0.05, 0.1) is 17.0 Å². The van der Waals surface area contributed by atoms with Crippen molar-refractivity contribution in [3.63, 3.8) is 0 Å². The quantitative estimate of drug-likeness (QED) is 0.919. The van der Waals surface area contributed by atoms with Crippen molar-refractivity contribution in [1.82, 2.24) is 4.98 Å². The van der Waals surface area contributed by atoms with Crippen LogP contribution in [0, 0.1) is 12.8 Å². The number of nitrogens with zero attached hydrogens (tertiary/aromatic N) is 2. The highest BCUT2D eigenvalue weighted by Gasteiger charge is 2.33. The number of sulfonamides is 1. The number of aromatic nitrogens is 1. The first-order chi connectivity index (χ1) is 10.3. The monoisotopic (exact) mass is 319 g/mol. The molecule has 2 N–H and O–H groups in total. The molecular formula is C15H17N3O3S. The van der Waals surface area contributed by atoms with Crippen LogP contribution in [-0.4, -0.2) is 31.6 Å². The number of aryl methyl sites for hydroxylation is 1. The number of amides is 1. The lowest BCUT2D eigenvalue weighted by Crippen LogP contribution is -2.27. The van der Waals surface area contributed by atoms with Crippen molar-refractivity contribution in [2.24, 2.45) is 11.1 Å². The van der Waals surface area contributed by atoms with E-state index in [1.807, 2.05) is 37.3 Å². The Morgan fingerprint density at radius 2 is 2.09 bits per heavy atom. The van der Waals surface area contributed by atoms with Gasteiger partial charge in [0.25, 0.3) is 0 Å². The molecule has 0 radical (unpaired) electrons. The van der Waals surface area contributed by atoms with Crippen molar-refractivity contribution in [2.45, 2.75) is 13.3 Å². The van der Waals surface area contributed by atoms with Gasteiger partial charge in [0.2, 0.25) is 15.9 Å². The number of para-hydroxylation sites is 1. The second kappa shape index (κ2) is 5.33. The number of pyridine rings is 1. The van der Waals surface area contributed by atoms with E-state index >= 15 is 0 Å². The minimum Gasteiger partial charge on any atom is -0.310 e. The lowest BCUT2D eigenvalue weighted by Gasteiger charge is -2.18. The minimum absolute atomic E-state index is 0.0931. The Hall–Kier alpha value is -1.99. The summed E-state index contributed by atoms with van der Waals surface area (Å²) >= 11 is 0. The van der Waals surface area contributed by atoms with Gasteiger partial charge in [-0.1, -0.05) is 18.2 Å². The van der Waals surface area contributed by atoms with Crippen LogP contribution < -0.4 is 10.0 Å². The number of hydrogen-bond acceptors (Lipinski definition) is 4. The number of fused-ring (bicyclic) bond motifs is 1. The summed E-state index contributed by atoms with van der Waals surface area (Å²) in [6.45, 7) is 2.25. The maximum absolute atomic E-state index is 12.3. The second-order valence-electron chi connectivity index (χ2n) is 5.71. The smallest absolute Gasteiger partial charge is 0.227 e. The molecule has 1 saturated heterocycles. The summed E-state index contributed by atoms with van der Waals surface area (Å²) < 4.78 is 22.5. The van der Waals surface area contributed by atoms with E-state index in [1.54, 1.807) is 4.90 Å². The van der Waals surface area contributed by atoms with Crippen LogP contribution >= 0.6 is 0 Å². The fraction of sp³-hybridized carbons (Fsp3) is 0.333. The summed E-state index contributed by atoms with van der Waals surface area (Å²) in [5, 5.41) is 6.04. The Labute approximate surface area is 129 Å². The molecule has 1 aliphatic rings. The van der Waals surface area contributed by atoms with Crippen LogP contribution in [0.25, 0.3) is 10.9 Å². The summed E-state index contributed by atoms with van der Waals surface area (Å²) in [6.07, 6.45) is 0.193. The van der Waals surface area contributed by atoms with Crippen LogP contribution in [-0.2, 0) is 14.8 Å². The lowest BCUT2D eigenvalue weighted by atomic mass is 10.1. The van der Waals surface area contributed by atoms with Crippen LogP contribution in [0.2, 0.25) is 0 Å². The van der Waals surface area contributed by atoms with E-state index in [0.717, 1.165) is 22.3 Å². The third-order valence-electron chi connectivity index (χ3n) is 3.80. The minimum atomic E-state index is -3.58. The molecule has 0 saturated carbocycles. The molecule has 2 heterocycles. The van der Waals surface area contributed by atoms with Crippen molar-refractivity contribution in [3.05, 3.63) is 36.0 Å². The van der Waals surface area contributed by atoms with Crippen LogP contribution in [0.3, 0.4) is 0 Å². The largest absolute Gasteiger partial charge is 0.310 e. The molecule has 1 unspecified atom stereocenters. The van der Waals surface area contributed by atoms with Gasteiger partial charge in [-0.15, -0.1) is 0 Å². The SMILES string of the molecule is Cc1ccc2cccc(N3CC(CS(N)(=O)=O)CC3=O)c2n1. The number of nitrogens with two attached hydrogens (primary N) is 1. The number of hydrogen-bond donors (Lipinski definition) is 1. The first-order valence-electron chi connectivity index (χ1n) is 7.01. The molecule has 6 nitrogen and oxygen atoms in total. The molecular weight excluding hydrogens is 302 g/mol. The van der Waals surface area contributed by atoms with Crippen molar-refractivity contribution in [3.8, 4) is 0 Å². The molecule has 1 atom stereocenters. The molecule has 1 amide bonds. The van der Waals surface area contributed by atoms with Gasteiger partial charge >= 0.3 is 0 Å². The van der Waals surface area contributed by atoms with Gasteiger partial charge in [-0.25, -0.2) is 13.6 Å². The Kier molecular flexibility index (Phi) is 3.62. The van der Waals surface area contributed by atoms with Gasteiger partial charge in [0.15, 0.2) is 0 Å². The number of rotatable bonds is 3. The summed E-state index contributed by atoms with van der Waals surface area (Å²) in [5.74, 6) is -0.543. The van der Waals surface area contributed by atoms with Crippen molar-refractivity contribution in [2.75, 3.05) is 17.2 Å². The lowest BCUT2D eigenvalue weighted by molar-refractivity contribution is -0.117. The highest BCUT2D eigenvalue weighted by atomic mass is 32.2. The number of benzene rings is 1. The topological polar surface area (TPSA) is 93.4 Å². The van der Waals surface area contributed by atoms with E-state index in [9.17, 15) is 13.2 Å². The Balaban J connectivity index is 1.98. The first-order valence-corrected chi connectivity index (χ1v) is 8.72. The molecule has 1 aliphatic heterocycles. The van der Waals surface area contributed by atoms with Gasteiger partial charge in [-0.05, 0) is 19.1 Å². The summed E-state index contributed by atoms with van der Waals surface area (Å²) in [5.41, 5.74) is 2.35. The van der Waals surface area contributed by atoms with Crippen LogP contribution in [0.4, 0.5) is 5.69 Å². The number of anilines is 1. The predicted octanol–water partition coefficient (Wildman–Crippen LogP) is 1.18. The molecule has 0 spiro atoms. The van der Waals surface area contributed by atoms with E-state index in [-0.39, 0.29) is 24.0 Å². The molecule has 1 aromatic carbocycles. The summed E-state index contributed by atoms with van der Waals surface area (Å²) in [4.78, 5) is 18.4. The van der Waals surface area contributed by atoms with Crippen LogP contribution in [0.1, 0.15) is 12.1 Å².